The largest absolute Gasteiger partial charge is 0.425 e. The second kappa shape index (κ2) is 9.35. The summed E-state index contributed by atoms with van der Waals surface area (Å²) in [5, 5.41) is 19.7. The van der Waals surface area contributed by atoms with Gasteiger partial charge in [0.1, 0.15) is 12.3 Å². The molecule has 2 aliphatic rings. The van der Waals surface area contributed by atoms with E-state index in [4.69, 9.17) is 4.74 Å². The van der Waals surface area contributed by atoms with Crippen LogP contribution < -0.4 is 0 Å². The summed E-state index contributed by atoms with van der Waals surface area (Å²) in [7, 11) is 3.55. The van der Waals surface area contributed by atoms with Crippen molar-refractivity contribution in [2.75, 3.05) is 27.3 Å². The van der Waals surface area contributed by atoms with Gasteiger partial charge >= 0.3 is 12.2 Å². The molecule has 0 radical (unpaired) electrons. The molecule has 172 valence electrons. The molecule has 9 nitrogen and oxygen atoms in total. The molecule has 0 fully saturated rings. The maximum Gasteiger partial charge on any atom is 0.425 e. The Labute approximate surface area is 192 Å². The van der Waals surface area contributed by atoms with Crippen LogP contribution in [-0.2, 0) is 4.74 Å². The summed E-state index contributed by atoms with van der Waals surface area (Å²) in [5.41, 5.74) is 2.20. The lowest BCUT2D eigenvalue weighted by molar-refractivity contribution is 0.0679. The average molecular weight is 450 g/mol. The lowest BCUT2D eigenvalue weighted by atomic mass is 10.1. The van der Waals surface area contributed by atoms with Crippen LogP contribution >= 0.6 is 0 Å². The van der Waals surface area contributed by atoms with Gasteiger partial charge < -0.3 is 24.7 Å². The van der Waals surface area contributed by atoms with Crippen molar-refractivity contribution in [2.45, 2.75) is 12.3 Å². The molecule has 2 amide bonds. The minimum Gasteiger partial charge on any atom is -0.390 e. The van der Waals surface area contributed by atoms with Gasteiger partial charge in [0, 0.05) is 26.5 Å². The van der Waals surface area contributed by atoms with E-state index in [1.165, 1.54) is 9.80 Å². The zero-order chi connectivity index (χ0) is 23.5. The topological polar surface area (TPSA) is 96.8 Å². The molecule has 2 aromatic rings. The van der Waals surface area contributed by atoms with Crippen molar-refractivity contribution in [1.29, 1.82) is 0 Å². The van der Waals surface area contributed by atoms with E-state index < -0.39 is 37.7 Å². The molecular formula is C24H26N4O5. The summed E-state index contributed by atoms with van der Waals surface area (Å²) in [6.07, 6.45) is 0.284. The molecule has 0 aliphatic carbocycles. The summed E-state index contributed by atoms with van der Waals surface area (Å²) in [6.45, 7) is -0.810. The lowest BCUT2D eigenvalue weighted by Gasteiger charge is -2.32. The molecule has 2 atom stereocenters. The van der Waals surface area contributed by atoms with Crippen molar-refractivity contribution in [2.24, 2.45) is 0 Å². The Bertz CT molecular complexity index is 987. The number of benzene rings is 2. The van der Waals surface area contributed by atoms with E-state index in [-0.39, 0.29) is 0 Å². The van der Waals surface area contributed by atoms with E-state index in [0.717, 1.165) is 11.1 Å². The van der Waals surface area contributed by atoms with Crippen LogP contribution in [0.2, 0.25) is 0 Å². The van der Waals surface area contributed by atoms with Crippen molar-refractivity contribution in [1.82, 2.24) is 19.6 Å². The van der Waals surface area contributed by atoms with Gasteiger partial charge in [-0.3, -0.25) is 9.80 Å². The van der Waals surface area contributed by atoms with Gasteiger partial charge in [-0.05, 0) is 11.1 Å². The number of carbonyl (C=O) groups excluding carboxylic acids is 2. The molecule has 0 aromatic heterocycles. The highest BCUT2D eigenvalue weighted by Gasteiger charge is 2.41. The molecule has 2 aromatic carbocycles. The SMILES string of the molecule is CN1C=C(CO)N(C(=O)OC(=O)N2C(CO)=CN(C)C2c2ccccc2)C1c1ccccc1. The normalized spacial score (nSPS) is 20.1. The maximum absolute atomic E-state index is 13.2. The van der Waals surface area contributed by atoms with E-state index in [2.05, 4.69) is 0 Å². The fourth-order valence-corrected chi connectivity index (χ4v) is 4.27. The fourth-order valence-electron chi connectivity index (χ4n) is 4.27. The van der Waals surface area contributed by atoms with Gasteiger partial charge in [-0.1, -0.05) is 60.7 Å². The third-order valence-corrected chi connectivity index (χ3v) is 5.67. The number of nitrogens with zero attached hydrogens (tertiary/aromatic N) is 4. The van der Waals surface area contributed by atoms with Crippen molar-refractivity contribution in [3.05, 3.63) is 95.6 Å². The third-order valence-electron chi connectivity index (χ3n) is 5.67. The van der Waals surface area contributed by atoms with Gasteiger partial charge in [-0.15, -0.1) is 0 Å². The Morgan fingerprint density at radius 1 is 0.727 bits per heavy atom. The predicted octanol–water partition coefficient (Wildman–Crippen LogP) is 2.80. The molecule has 4 rings (SSSR count). The van der Waals surface area contributed by atoms with E-state index in [1.807, 2.05) is 60.7 Å². The number of rotatable bonds is 4. The smallest absolute Gasteiger partial charge is 0.390 e. The molecule has 0 saturated heterocycles. The molecule has 33 heavy (non-hydrogen) atoms. The standard InChI is InChI=1S/C24H26N4O5/c1-25-13-19(15-29)27(21(25)17-9-5-3-6-10-17)23(31)33-24(32)28-20(16-30)14-26(2)22(28)18-11-7-4-8-12-18/h3-14,21-22,29-30H,15-16H2,1-2H3. The van der Waals surface area contributed by atoms with Crippen molar-refractivity contribution >= 4 is 12.2 Å². The van der Waals surface area contributed by atoms with Crippen LogP contribution in [0, 0.1) is 0 Å². The minimum absolute atomic E-state index is 0.306. The molecule has 2 aliphatic heterocycles. The molecule has 0 saturated carbocycles. The quantitative estimate of drug-likeness (QED) is 0.692. The van der Waals surface area contributed by atoms with Crippen LogP contribution in [0.5, 0.6) is 0 Å². The Kier molecular flexibility index (Phi) is 6.34. The van der Waals surface area contributed by atoms with Crippen LogP contribution in [0.25, 0.3) is 0 Å². The number of aliphatic hydroxyl groups is 2. The first-order chi connectivity index (χ1) is 16.0. The van der Waals surface area contributed by atoms with Crippen LogP contribution in [0.3, 0.4) is 0 Å². The molecular weight excluding hydrogens is 424 g/mol. The van der Waals surface area contributed by atoms with E-state index in [0.29, 0.717) is 11.4 Å². The Balaban J connectivity index is 1.60. The van der Waals surface area contributed by atoms with E-state index >= 15 is 0 Å². The summed E-state index contributed by atoms with van der Waals surface area (Å²) < 4.78 is 5.30. The van der Waals surface area contributed by atoms with Crippen LogP contribution in [-0.4, -0.2) is 69.3 Å². The summed E-state index contributed by atoms with van der Waals surface area (Å²) in [6, 6.07) is 18.5. The van der Waals surface area contributed by atoms with Gasteiger partial charge in [0.05, 0.1) is 24.6 Å². The predicted molar refractivity (Wildman–Crippen MR) is 120 cm³/mol. The number of hydrogen-bond acceptors (Lipinski definition) is 7. The van der Waals surface area contributed by atoms with Gasteiger partial charge in [-0.25, -0.2) is 9.59 Å². The van der Waals surface area contributed by atoms with Crippen LogP contribution in [0.15, 0.2) is 84.5 Å². The molecule has 9 heteroatoms. The zero-order valence-corrected chi connectivity index (χ0v) is 18.4. The zero-order valence-electron chi connectivity index (χ0n) is 18.4. The second-order valence-corrected chi connectivity index (χ2v) is 7.83. The number of hydrogen-bond donors (Lipinski definition) is 2. The van der Waals surface area contributed by atoms with Gasteiger partial charge in [0.15, 0.2) is 0 Å². The van der Waals surface area contributed by atoms with Gasteiger partial charge in [0.25, 0.3) is 0 Å². The van der Waals surface area contributed by atoms with E-state index in [1.54, 1.807) is 36.3 Å². The molecule has 0 bridgehead atoms. The number of ether oxygens (including phenoxy) is 1. The first kappa shape index (κ1) is 22.4. The summed E-state index contributed by atoms with van der Waals surface area (Å²) in [4.78, 5) is 32.5. The maximum atomic E-state index is 13.2. The highest BCUT2D eigenvalue weighted by Crippen LogP contribution is 2.36. The number of amides is 2. The Morgan fingerprint density at radius 2 is 1.09 bits per heavy atom. The van der Waals surface area contributed by atoms with Crippen molar-refractivity contribution in [3.8, 4) is 0 Å². The second-order valence-electron chi connectivity index (χ2n) is 7.83. The Morgan fingerprint density at radius 3 is 1.42 bits per heavy atom. The molecule has 0 spiro atoms. The van der Waals surface area contributed by atoms with Crippen molar-refractivity contribution in [3.63, 3.8) is 0 Å². The highest BCUT2D eigenvalue weighted by molar-refractivity contribution is 5.86. The molecule has 2 N–H and O–H groups in total. The fraction of sp³-hybridized carbons (Fsp3) is 0.250. The number of carbonyl (C=O) groups is 2. The van der Waals surface area contributed by atoms with Gasteiger partial charge in [-0.2, -0.15) is 0 Å². The van der Waals surface area contributed by atoms with Crippen LogP contribution in [0.1, 0.15) is 23.5 Å². The monoisotopic (exact) mass is 450 g/mol. The average Bonchev–Trinajstić information content (AvgIpc) is 3.36. The Hall–Kier alpha value is -3.82. The number of aliphatic hydroxyl groups excluding tert-OH is 2. The minimum atomic E-state index is -0.919. The first-order valence-electron chi connectivity index (χ1n) is 10.5. The van der Waals surface area contributed by atoms with Crippen LogP contribution in [0.4, 0.5) is 9.59 Å². The summed E-state index contributed by atoms with van der Waals surface area (Å²) in [5.74, 6) is 0. The highest BCUT2D eigenvalue weighted by atomic mass is 16.6. The first-order valence-corrected chi connectivity index (χ1v) is 10.5. The lowest BCUT2D eigenvalue weighted by Crippen LogP contribution is -2.42. The van der Waals surface area contributed by atoms with Gasteiger partial charge in [0.2, 0.25) is 0 Å². The molecule has 2 unspecified atom stereocenters. The summed E-state index contributed by atoms with van der Waals surface area (Å²) >= 11 is 0. The van der Waals surface area contributed by atoms with E-state index in [9.17, 15) is 19.8 Å². The molecule has 2 heterocycles. The third kappa shape index (κ3) is 4.15. The van der Waals surface area contributed by atoms with Crippen molar-refractivity contribution < 1.29 is 24.5 Å².